The summed E-state index contributed by atoms with van der Waals surface area (Å²) in [5.41, 5.74) is 13.3. The summed E-state index contributed by atoms with van der Waals surface area (Å²) in [5.74, 6) is 0.244. The molecule has 4 nitrogen and oxygen atoms in total. The Labute approximate surface area is 108 Å². The van der Waals surface area contributed by atoms with Gasteiger partial charge in [-0.1, -0.05) is 12.1 Å². The molecule has 0 aliphatic carbocycles. The van der Waals surface area contributed by atoms with Crippen molar-refractivity contribution in [3.63, 3.8) is 0 Å². The molecule has 0 amide bonds. The highest BCUT2D eigenvalue weighted by Gasteiger charge is 2.27. The Morgan fingerprint density at radius 3 is 2.61 bits per heavy atom. The Morgan fingerprint density at radius 1 is 1.33 bits per heavy atom. The highest BCUT2D eigenvalue weighted by molar-refractivity contribution is 7.91. The number of rotatable bonds is 2. The van der Waals surface area contributed by atoms with Gasteiger partial charge in [0, 0.05) is 11.6 Å². The van der Waals surface area contributed by atoms with Crippen LogP contribution >= 0.6 is 0 Å². The van der Waals surface area contributed by atoms with Crippen LogP contribution in [-0.4, -0.2) is 19.7 Å². The van der Waals surface area contributed by atoms with Crippen LogP contribution in [0.4, 0.5) is 0 Å². The van der Waals surface area contributed by atoms with E-state index in [0.29, 0.717) is 11.3 Å². The van der Waals surface area contributed by atoms with Crippen molar-refractivity contribution in [1.29, 1.82) is 0 Å². The average molecular weight is 268 g/mol. The van der Waals surface area contributed by atoms with Crippen LogP contribution in [0.3, 0.4) is 0 Å². The second-order valence-corrected chi connectivity index (χ2v) is 7.67. The number of hydrogen-bond donors (Lipinski definition) is 2. The van der Waals surface area contributed by atoms with Gasteiger partial charge in [0.2, 0.25) is 0 Å². The predicted octanol–water partition coefficient (Wildman–Crippen LogP) is 1.14. The molecule has 0 radical (unpaired) electrons. The maximum absolute atomic E-state index is 11.9. The molecule has 1 aliphatic heterocycles. The van der Waals surface area contributed by atoms with E-state index in [9.17, 15) is 8.42 Å². The smallest absolute Gasteiger partial charge is 0.178 e. The lowest BCUT2D eigenvalue weighted by Gasteiger charge is -2.28. The van der Waals surface area contributed by atoms with Gasteiger partial charge >= 0.3 is 0 Å². The van der Waals surface area contributed by atoms with Crippen molar-refractivity contribution < 1.29 is 8.42 Å². The summed E-state index contributed by atoms with van der Waals surface area (Å²) in [6.07, 6.45) is 1.47. The highest BCUT2D eigenvalue weighted by atomic mass is 32.2. The quantitative estimate of drug-likeness (QED) is 0.842. The van der Waals surface area contributed by atoms with Crippen molar-refractivity contribution in [2.24, 2.45) is 11.5 Å². The lowest BCUT2D eigenvalue weighted by atomic mass is 9.89. The molecule has 0 spiro atoms. The molecule has 100 valence electrons. The second-order valence-electron chi connectivity index (χ2n) is 5.59. The average Bonchev–Trinajstić information content (AvgIpc) is 2.26. The van der Waals surface area contributed by atoms with Crippen LogP contribution < -0.4 is 11.5 Å². The molecule has 4 N–H and O–H groups in total. The summed E-state index contributed by atoms with van der Waals surface area (Å²) in [5, 5.41) is 0. The number of sulfone groups is 1. The molecule has 1 heterocycles. The van der Waals surface area contributed by atoms with Crippen molar-refractivity contribution in [3.05, 3.63) is 29.3 Å². The molecule has 1 aromatic rings. The lowest BCUT2D eigenvalue weighted by molar-refractivity contribution is 0.420. The summed E-state index contributed by atoms with van der Waals surface area (Å²) in [6, 6.07) is 5.05. The first-order valence-electron chi connectivity index (χ1n) is 6.12. The first-order valence-corrected chi connectivity index (χ1v) is 7.77. The number of hydrogen-bond acceptors (Lipinski definition) is 4. The van der Waals surface area contributed by atoms with Gasteiger partial charge in [-0.3, -0.25) is 0 Å². The minimum Gasteiger partial charge on any atom is -0.324 e. The first kappa shape index (κ1) is 13.5. The summed E-state index contributed by atoms with van der Waals surface area (Å²) in [4.78, 5) is 0.458. The SMILES string of the molecule is CC(C)(N)C(N)c1ccc2c(c1)CCCS2(=O)=O. The van der Waals surface area contributed by atoms with Crippen molar-refractivity contribution >= 4 is 9.84 Å². The van der Waals surface area contributed by atoms with Crippen molar-refractivity contribution in [2.75, 3.05) is 5.75 Å². The molecule has 0 aromatic heterocycles. The third-order valence-electron chi connectivity index (χ3n) is 3.44. The Balaban J connectivity index is 2.46. The second kappa shape index (κ2) is 4.33. The van der Waals surface area contributed by atoms with Gasteiger partial charge in [0.05, 0.1) is 10.6 Å². The van der Waals surface area contributed by atoms with Gasteiger partial charge in [-0.25, -0.2) is 8.42 Å². The monoisotopic (exact) mass is 268 g/mol. The molecule has 18 heavy (non-hydrogen) atoms. The normalized spacial score (nSPS) is 20.2. The molecular weight excluding hydrogens is 248 g/mol. The van der Waals surface area contributed by atoms with Crippen LogP contribution in [0.15, 0.2) is 23.1 Å². The largest absolute Gasteiger partial charge is 0.324 e. The van der Waals surface area contributed by atoms with Crippen LogP contribution in [-0.2, 0) is 16.3 Å². The van der Waals surface area contributed by atoms with E-state index < -0.39 is 15.4 Å². The third kappa shape index (κ3) is 2.43. The van der Waals surface area contributed by atoms with Crippen LogP contribution in [0, 0.1) is 0 Å². The molecular formula is C13H20N2O2S. The maximum atomic E-state index is 11.9. The van der Waals surface area contributed by atoms with Gasteiger partial charge in [-0.05, 0) is 43.9 Å². The zero-order chi connectivity index (χ0) is 13.6. The first-order chi connectivity index (χ1) is 8.22. The van der Waals surface area contributed by atoms with Gasteiger partial charge in [-0.15, -0.1) is 0 Å². The number of aryl methyl sites for hydroxylation is 1. The standard InChI is InChI=1S/C13H20N2O2S/c1-13(2,15)12(14)10-5-6-11-9(8-10)4-3-7-18(11,16)17/h5-6,8,12H,3-4,7,14-15H2,1-2H3. The van der Waals surface area contributed by atoms with Gasteiger partial charge in [0.25, 0.3) is 0 Å². The van der Waals surface area contributed by atoms with E-state index in [1.54, 1.807) is 12.1 Å². The fourth-order valence-corrected chi connectivity index (χ4v) is 3.86. The molecule has 2 rings (SSSR count). The molecule has 0 saturated heterocycles. The molecule has 0 bridgehead atoms. The van der Waals surface area contributed by atoms with E-state index in [4.69, 9.17) is 11.5 Å². The van der Waals surface area contributed by atoms with E-state index in [2.05, 4.69) is 0 Å². The fourth-order valence-electron chi connectivity index (χ4n) is 2.28. The summed E-state index contributed by atoms with van der Waals surface area (Å²) >= 11 is 0. The summed E-state index contributed by atoms with van der Waals surface area (Å²) in [7, 11) is -3.09. The van der Waals surface area contributed by atoms with E-state index in [1.807, 2.05) is 19.9 Å². The van der Waals surface area contributed by atoms with Gasteiger partial charge in [-0.2, -0.15) is 0 Å². The fraction of sp³-hybridized carbons (Fsp3) is 0.538. The van der Waals surface area contributed by atoms with Crippen molar-refractivity contribution in [2.45, 2.75) is 43.2 Å². The van der Waals surface area contributed by atoms with E-state index in [1.165, 1.54) is 0 Å². The van der Waals surface area contributed by atoms with Crippen LogP contribution in [0.5, 0.6) is 0 Å². The van der Waals surface area contributed by atoms with E-state index in [0.717, 1.165) is 17.5 Å². The Bertz CT molecular complexity index is 559. The topological polar surface area (TPSA) is 86.2 Å². The number of nitrogens with two attached hydrogens (primary N) is 2. The Kier molecular flexibility index (Phi) is 3.25. The van der Waals surface area contributed by atoms with Crippen molar-refractivity contribution in [1.82, 2.24) is 0 Å². The molecule has 0 saturated carbocycles. The molecule has 1 unspecified atom stereocenters. The van der Waals surface area contributed by atoms with Crippen LogP contribution in [0.2, 0.25) is 0 Å². The maximum Gasteiger partial charge on any atom is 0.178 e. The predicted molar refractivity (Wildman–Crippen MR) is 72.0 cm³/mol. The van der Waals surface area contributed by atoms with E-state index in [-0.39, 0.29) is 11.8 Å². The Hall–Kier alpha value is -0.910. The third-order valence-corrected chi connectivity index (χ3v) is 5.33. The Morgan fingerprint density at radius 2 is 2.00 bits per heavy atom. The van der Waals surface area contributed by atoms with Crippen LogP contribution in [0.1, 0.15) is 37.4 Å². The van der Waals surface area contributed by atoms with Gasteiger partial charge < -0.3 is 11.5 Å². The molecule has 0 fully saturated rings. The number of benzene rings is 1. The zero-order valence-corrected chi connectivity index (χ0v) is 11.6. The highest BCUT2D eigenvalue weighted by Crippen LogP contribution is 2.29. The number of fused-ring (bicyclic) bond motifs is 1. The van der Waals surface area contributed by atoms with Gasteiger partial charge in [0.15, 0.2) is 9.84 Å². The zero-order valence-electron chi connectivity index (χ0n) is 10.8. The van der Waals surface area contributed by atoms with Crippen molar-refractivity contribution in [3.8, 4) is 0 Å². The molecule has 1 atom stereocenters. The summed E-state index contributed by atoms with van der Waals surface area (Å²) < 4.78 is 23.8. The summed E-state index contributed by atoms with van der Waals surface area (Å²) in [6.45, 7) is 3.74. The molecule has 1 aliphatic rings. The lowest BCUT2D eigenvalue weighted by Crippen LogP contribution is -2.43. The minimum absolute atomic E-state index is 0.244. The molecule has 1 aromatic carbocycles. The van der Waals surface area contributed by atoms with E-state index >= 15 is 0 Å². The molecule has 5 heteroatoms. The minimum atomic E-state index is -3.09. The van der Waals surface area contributed by atoms with Crippen LogP contribution in [0.25, 0.3) is 0 Å². The van der Waals surface area contributed by atoms with Gasteiger partial charge in [0.1, 0.15) is 0 Å².